The van der Waals surface area contributed by atoms with Crippen molar-refractivity contribution < 1.29 is 13.2 Å². The number of ether oxygens (including phenoxy) is 1. The maximum absolute atomic E-state index is 11.3. The van der Waals surface area contributed by atoms with Crippen molar-refractivity contribution >= 4 is 31.3 Å². The van der Waals surface area contributed by atoms with Gasteiger partial charge in [-0.05, 0) is 43.2 Å². The first-order chi connectivity index (χ1) is 7.88. The van der Waals surface area contributed by atoms with E-state index in [0.717, 1.165) is 5.56 Å². The van der Waals surface area contributed by atoms with Crippen LogP contribution in [0.25, 0.3) is 0 Å². The zero-order valence-corrected chi connectivity index (χ0v) is 11.7. The molecule has 0 heterocycles. The van der Waals surface area contributed by atoms with Crippen LogP contribution in [0.1, 0.15) is 11.1 Å². The Morgan fingerprint density at radius 1 is 1.29 bits per heavy atom. The molecule has 0 fully saturated rings. The van der Waals surface area contributed by atoms with Gasteiger partial charge in [0.05, 0.1) is 4.90 Å². The second-order valence-electron chi connectivity index (χ2n) is 3.42. The molecule has 1 rings (SSSR count). The van der Waals surface area contributed by atoms with Gasteiger partial charge in [0.1, 0.15) is 12.4 Å². The molecule has 0 aliphatic rings. The Hall–Kier alpha value is -0.710. The average molecular weight is 295 g/mol. The first-order valence-corrected chi connectivity index (χ1v) is 7.55. The number of benzene rings is 1. The Kier molecular flexibility index (Phi) is 4.86. The largest absolute Gasteiger partial charge is 0.489 e. The Morgan fingerprint density at radius 2 is 1.94 bits per heavy atom. The van der Waals surface area contributed by atoms with Gasteiger partial charge in [-0.25, -0.2) is 8.42 Å². The third kappa shape index (κ3) is 3.63. The Balaban J connectivity index is 3.11. The highest BCUT2D eigenvalue weighted by atomic mass is 35.7. The van der Waals surface area contributed by atoms with E-state index >= 15 is 0 Å². The molecule has 0 unspecified atom stereocenters. The summed E-state index contributed by atoms with van der Waals surface area (Å²) in [5.41, 5.74) is 2.70. The van der Waals surface area contributed by atoms with E-state index in [1.165, 1.54) is 11.6 Å². The lowest BCUT2D eigenvalue weighted by molar-refractivity contribution is 0.360. The summed E-state index contributed by atoms with van der Waals surface area (Å²) in [6.45, 7) is 3.80. The maximum Gasteiger partial charge on any atom is 0.261 e. The molecule has 0 saturated heterocycles. The van der Waals surface area contributed by atoms with Crippen molar-refractivity contribution in [2.24, 2.45) is 0 Å². The Morgan fingerprint density at radius 3 is 2.47 bits per heavy atom. The van der Waals surface area contributed by atoms with E-state index in [2.05, 4.69) is 0 Å². The van der Waals surface area contributed by atoms with Gasteiger partial charge in [0, 0.05) is 16.2 Å². The number of halogens is 2. The highest BCUT2D eigenvalue weighted by molar-refractivity contribution is 8.13. The van der Waals surface area contributed by atoms with Crippen LogP contribution in [0.3, 0.4) is 0 Å². The minimum Gasteiger partial charge on any atom is -0.489 e. The van der Waals surface area contributed by atoms with E-state index in [4.69, 9.17) is 27.0 Å². The second kappa shape index (κ2) is 5.76. The summed E-state index contributed by atoms with van der Waals surface area (Å²) in [7, 11) is 1.60. The lowest BCUT2D eigenvalue weighted by Gasteiger charge is -2.11. The molecule has 0 spiro atoms. The topological polar surface area (TPSA) is 43.4 Å². The standard InChI is InChI=1S/C11H12Cl2O3S/c1-8-9(2)11(17(13,14)15)5-4-10(8)16-7-3-6-12/h3-6H,7H2,1-2H3/b6-3+. The number of hydrogen-bond donors (Lipinski definition) is 0. The Labute approximate surface area is 110 Å². The van der Waals surface area contributed by atoms with Crippen LogP contribution in [0.2, 0.25) is 0 Å². The van der Waals surface area contributed by atoms with Crippen LogP contribution >= 0.6 is 22.3 Å². The summed E-state index contributed by atoms with van der Waals surface area (Å²) in [5, 5.41) is 0. The fraction of sp³-hybridized carbons (Fsp3) is 0.273. The van der Waals surface area contributed by atoms with Crippen molar-refractivity contribution in [3.8, 4) is 5.75 Å². The normalized spacial score (nSPS) is 12.0. The monoisotopic (exact) mass is 294 g/mol. The first kappa shape index (κ1) is 14.4. The number of hydrogen-bond acceptors (Lipinski definition) is 3. The van der Waals surface area contributed by atoms with E-state index in [1.807, 2.05) is 0 Å². The van der Waals surface area contributed by atoms with Crippen LogP contribution in [-0.4, -0.2) is 15.0 Å². The van der Waals surface area contributed by atoms with Crippen molar-refractivity contribution in [3.63, 3.8) is 0 Å². The average Bonchev–Trinajstić information content (AvgIpc) is 2.23. The zero-order valence-electron chi connectivity index (χ0n) is 9.41. The molecule has 0 atom stereocenters. The molecule has 17 heavy (non-hydrogen) atoms. The number of rotatable bonds is 4. The molecule has 0 saturated carbocycles. The van der Waals surface area contributed by atoms with Gasteiger partial charge in [-0.15, -0.1) is 0 Å². The minimum atomic E-state index is -3.72. The summed E-state index contributed by atoms with van der Waals surface area (Å²) in [6, 6.07) is 3.02. The molecule has 1 aromatic rings. The van der Waals surface area contributed by atoms with Crippen LogP contribution in [0.5, 0.6) is 5.75 Å². The molecule has 0 radical (unpaired) electrons. The summed E-state index contributed by atoms with van der Waals surface area (Å²) in [4.78, 5) is 0.108. The molecule has 0 aliphatic heterocycles. The van der Waals surface area contributed by atoms with Crippen molar-refractivity contribution in [3.05, 3.63) is 34.9 Å². The third-order valence-corrected chi connectivity index (χ3v) is 4.02. The molecule has 6 heteroatoms. The summed E-state index contributed by atoms with van der Waals surface area (Å²) in [6.07, 6.45) is 1.64. The lowest BCUT2D eigenvalue weighted by Crippen LogP contribution is -2.01. The second-order valence-corrected chi connectivity index (χ2v) is 6.21. The summed E-state index contributed by atoms with van der Waals surface area (Å²) in [5.74, 6) is 0.612. The van der Waals surface area contributed by atoms with E-state index in [-0.39, 0.29) is 4.90 Å². The molecule has 1 aromatic carbocycles. The van der Waals surface area contributed by atoms with Crippen molar-refractivity contribution in [2.75, 3.05) is 6.61 Å². The molecular formula is C11H12Cl2O3S. The lowest BCUT2D eigenvalue weighted by atomic mass is 10.1. The summed E-state index contributed by atoms with van der Waals surface area (Å²) >= 11 is 5.37. The van der Waals surface area contributed by atoms with Crippen LogP contribution < -0.4 is 4.74 Å². The molecule has 0 bridgehead atoms. The molecule has 0 aliphatic carbocycles. The molecule has 0 N–H and O–H groups in total. The van der Waals surface area contributed by atoms with Gasteiger partial charge < -0.3 is 4.74 Å². The van der Waals surface area contributed by atoms with Crippen LogP contribution in [0, 0.1) is 13.8 Å². The van der Waals surface area contributed by atoms with Gasteiger partial charge in [0.15, 0.2) is 0 Å². The molecule has 0 aromatic heterocycles. The fourth-order valence-corrected chi connectivity index (χ4v) is 2.69. The third-order valence-electron chi connectivity index (χ3n) is 2.37. The van der Waals surface area contributed by atoms with Crippen LogP contribution in [0.4, 0.5) is 0 Å². The molecule has 3 nitrogen and oxygen atoms in total. The highest BCUT2D eigenvalue weighted by Crippen LogP contribution is 2.28. The Bertz CT molecular complexity index is 536. The zero-order chi connectivity index (χ0) is 13.1. The van der Waals surface area contributed by atoms with E-state index in [9.17, 15) is 8.42 Å². The van der Waals surface area contributed by atoms with E-state index < -0.39 is 9.05 Å². The van der Waals surface area contributed by atoms with E-state index in [1.54, 1.807) is 26.0 Å². The first-order valence-electron chi connectivity index (χ1n) is 4.81. The van der Waals surface area contributed by atoms with Gasteiger partial charge in [-0.2, -0.15) is 0 Å². The predicted molar refractivity (Wildman–Crippen MR) is 69.4 cm³/mol. The fourth-order valence-electron chi connectivity index (χ4n) is 1.37. The van der Waals surface area contributed by atoms with Crippen molar-refractivity contribution in [2.45, 2.75) is 18.7 Å². The SMILES string of the molecule is Cc1c(OC/C=C/Cl)ccc(S(=O)(=O)Cl)c1C. The van der Waals surface area contributed by atoms with E-state index in [0.29, 0.717) is 17.9 Å². The van der Waals surface area contributed by atoms with Crippen molar-refractivity contribution in [1.82, 2.24) is 0 Å². The highest BCUT2D eigenvalue weighted by Gasteiger charge is 2.16. The van der Waals surface area contributed by atoms with Gasteiger partial charge in [0.25, 0.3) is 9.05 Å². The van der Waals surface area contributed by atoms with Gasteiger partial charge in [0.2, 0.25) is 0 Å². The van der Waals surface area contributed by atoms with Gasteiger partial charge in [-0.3, -0.25) is 0 Å². The summed E-state index contributed by atoms with van der Waals surface area (Å²) < 4.78 is 28.0. The van der Waals surface area contributed by atoms with Crippen LogP contribution in [0.15, 0.2) is 28.6 Å². The smallest absolute Gasteiger partial charge is 0.261 e. The minimum absolute atomic E-state index is 0.108. The van der Waals surface area contributed by atoms with Crippen LogP contribution in [-0.2, 0) is 9.05 Å². The van der Waals surface area contributed by atoms with Gasteiger partial charge >= 0.3 is 0 Å². The van der Waals surface area contributed by atoms with Gasteiger partial charge in [-0.1, -0.05) is 11.6 Å². The molecule has 0 amide bonds. The van der Waals surface area contributed by atoms with Crippen molar-refractivity contribution in [1.29, 1.82) is 0 Å². The molecule has 94 valence electrons. The molecular weight excluding hydrogens is 283 g/mol. The quantitative estimate of drug-likeness (QED) is 0.800. The predicted octanol–water partition coefficient (Wildman–Crippen LogP) is 3.36. The maximum atomic E-state index is 11.3.